The number of fused-ring (bicyclic) bond motifs is 1. The van der Waals surface area contributed by atoms with E-state index in [4.69, 9.17) is 0 Å². The molecule has 0 aliphatic carbocycles. The lowest BCUT2D eigenvalue weighted by Crippen LogP contribution is -2.33. The highest BCUT2D eigenvalue weighted by atomic mass is 79.9. The first-order valence-electron chi connectivity index (χ1n) is 9.15. The van der Waals surface area contributed by atoms with E-state index in [0.29, 0.717) is 30.6 Å². The summed E-state index contributed by atoms with van der Waals surface area (Å²) in [5.41, 5.74) is 1.70. The Morgan fingerprint density at radius 1 is 1.00 bits per heavy atom. The molecule has 2 aromatic carbocycles. The zero-order valence-corrected chi connectivity index (χ0v) is 17.2. The van der Waals surface area contributed by atoms with Crippen LogP contribution in [0.1, 0.15) is 33.6 Å². The number of amides is 3. The molecule has 0 radical (unpaired) electrons. The molecule has 146 valence electrons. The van der Waals surface area contributed by atoms with E-state index >= 15 is 0 Å². The maximum absolute atomic E-state index is 12.3. The molecule has 3 rings (SSSR count). The first-order chi connectivity index (χ1) is 13.5. The van der Waals surface area contributed by atoms with Gasteiger partial charge in [0.1, 0.15) is 0 Å². The van der Waals surface area contributed by atoms with Crippen LogP contribution in [0.5, 0.6) is 0 Å². The van der Waals surface area contributed by atoms with Crippen molar-refractivity contribution < 1.29 is 14.4 Å². The van der Waals surface area contributed by atoms with E-state index in [1.165, 1.54) is 4.90 Å². The van der Waals surface area contributed by atoms with Crippen LogP contribution in [0.3, 0.4) is 0 Å². The third-order valence-electron chi connectivity index (χ3n) is 4.61. The van der Waals surface area contributed by atoms with Gasteiger partial charge in [-0.25, -0.2) is 0 Å². The van der Waals surface area contributed by atoms with Gasteiger partial charge in [-0.1, -0.05) is 24.3 Å². The van der Waals surface area contributed by atoms with Gasteiger partial charge in [0.05, 0.1) is 23.4 Å². The summed E-state index contributed by atoms with van der Waals surface area (Å²) in [6, 6.07) is 14.4. The van der Waals surface area contributed by atoms with Gasteiger partial charge in [0, 0.05) is 11.0 Å². The zero-order chi connectivity index (χ0) is 20.1. The lowest BCUT2D eigenvalue weighted by molar-refractivity contribution is -0.117. The molecule has 1 aliphatic heterocycles. The highest BCUT2D eigenvalue weighted by Crippen LogP contribution is 2.23. The summed E-state index contributed by atoms with van der Waals surface area (Å²) in [5, 5.41) is 2.87. The van der Waals surface area contributed by atoms with E-state index in [-0.39, 0.29) is 24.3 Å². The van der Waals surface area contributed by atoms with Crippen molar-refractivity contribution in [1.29, 1.82) is 0 Å². The Morgan fingerprint density at radius 2 is 1.61 bits per heavy atom. The Labute approximate surface area is 172 Å². The first kappa shape index (κ1) is 20.2. The summed E-state index contributed by atoms with van der Waals surface area (Å²) in [7, 11) is 1.88. The Bertz CT molecular complexity index is 865. The molecule has 1 heterocycles. The molecule has 0 saturated carbocycles. The van der Waals surface area contributed by atoms with Crippen LogP contribution in [-0.4, -0.2) is 54.2 Å². The molecule has 0 saturated heterocycles. The van der Waals surface area contributed by atoms with E-state index in [9.17, 15) is 14.4 Å². The number of para-hydroxylation sites is 1. The molecule has 7 heteroatoms. The van der Waals surface area contributed by atoms with Crippen molar-refractivity contribution in [3.8, 4) is 0 Å². The van der Waals surface area contributed by atoms with Crippen LogP contribution in [0.2, 0.25) is 0 Å². The molecule has 1 aliphatic rings. The van der Waals surface area contributed by atoms with Crippen molar-refractivity contribution in [3.63, 3.8) is 0 Å². The van der Waals surface area contributed by atoms with Gasteiger partial charge in [-0.05, 0) is 66.6 Å². The Balaban J connectivity index is 1.40. The number of hydrogen-bond donors (Lipinski definition) is 1. The zero-order valence-electron chi connectivity index (χ0n) is 15.7. The fourth-order valence-electron chi connectivity index (χ4n) is 3.17. The lowest BCUT2D eigenvalue weighted by Gasteiger charge is -2.18. The Hall–Kier alpha value is -2.51. The van der Waals surface area contributed by atoms with Crippen molar-refractivity contribution in [2.24, 2.45) is 0 Å². The maximum atomic E-state index is 12.3. The van der Waals surface area contributed by atoms with Crippen LogP contribution >= 0.6 is 15.9 Å². The van der Waals surface area contributed by atoms with E-state index < -0.39 is 0 Å². The van der Waals surface area contributed by atoms with Crippen LogP contribution in [0, 0.1) is 0 Å². The Morgan fingerprint density at radius 3 is 2.25 bits per heavy atom. The maximum Gasteiger partial charge on any atom is 0.261 e. The minimum absolute atomic E-state index is 0.0882. The molecule has 0 atom stereocenters. The number of likely N-dealkylation sites (N-methyl/N-ethyl adjacent to an activating group) is 1. The molecule has 28 heavy (non-hydrogen) atoms. The second kappa shape index (κ2) is 9.12. The summed E-state index contributed by atoms with van der Waals surface area (Å²) in [5.74, 6) is -0.529. The number of imide groups is 1. The van der Waals surface area contributed by atoms with Crippen LogP contribution in [0.4, 0.5) is 5.69 Å². The molecule has 1 N–H and O–H groups in total. The standard InChI is InChI=1S/C21H22BrN3O3/c1-24(14-19(26)23-18-11-5-4-10-17(18)22)12-6-7-13-25-20(27)15-8-2-3-9-16(15)21(25)28/h2-5,8-11H,6-7,12-14H2,1H3,(H,23,26). The number of nitrogens with one attached hydrogen (secondary N) is 1. The number of rotatable bonds is 8. The van der Waals surface area contributed by atoms with Gasteiger partial charge >= 0.3 is 0 Å². The van der Waals surface area contributed by atoms with Crippen LogP contribution in [0.25, 0.3) is 0 Å². The summed E-state index contributed by atoms with van der Waals surface area (Å²) in [6.07, 6.45) is 1.48. The van der Waals surface area contributed by atoms with Crippen molar-refractivity contribution in [2.45, 2.75) is 12.8 Å². The van der Waals surface area contributed by atoms with Gasteiger partial charge in [0.15, 0.2) is 0 Å². The molecule has 0 unspecified atom stereocenters. The van der Waals surface area contributed by atoms with E-state index in [2.05, 4.69) is 21.2 Å². The summed E-state index contributed by atoms with van der Waals surface area (Å²) in [4.78, 5) is 40.0. The summed E-state index contributed by atoms with van der Waals surface area (Å²) < 4.78 is 0.840. The number of unbranched alkanes of at least 4 members (excludes halogenated alkanes) is 1. The Kier molecular flexibility index (Phi) is 6.59. The minimum Gasteiger partial charge on any atom is -0.324 e. The third kappa shape index (κ3) is 4.66. The smallest absolute Gasteiger partial charge is 0.261 e. The van der Waals surface area contributed by atoms with Gasteiger partial charge in [-0.15, -0.1) is 0 Å². The molecular formula is C21H22BrN3O3. The highest BCUT2D eigenvalue weighted by Gasteiger charge is 2.34. The minimum atomic E-state index is -0.221. The van der Waals surface area contributed by atoms with Crippen molar-refractivity contribution >= 4 is 39.3 Å². The van der Waals surface area contributed by atoms with Crippen LogP contribution in [-0.2, 0) is 4.79 Å². The molecule has 0 bridgehead atoms. The molecule has 0 fully saturated rings. The van der Waals surface area contributed by atoms with Gasteiger partial charge in [-0.2, -0.15) is 0 Å². The fraction of sp³-hybridized carbons (Fsp3) is 0.286. The largest absolute Gasteiger partial charge is 0.324 e. The fourth-order valence-corrected chi connectivity index (χ4v) is 3.55. The molecular weight excluding hydrogens is 422 g/mol. The van der Waals surface area contributed by atoms with E-state index in [1.54, 1.807) is 24.3 Å². The van der Waals surface area contributed by atoms with Crippen molar-refractivity contribution in [2.75, 3.05) is 32.0 Å². The number of benzene rings is 2. The lowest BCUT2D eigenvalue weighted by atomic mass is 10.1. The van der Waals surface area contributed by atoms with E-state index in [1.807, 2.05) is 36.2 Å². The van der Waals surface area contributed by atoms with Crippen molar-refractivity contribution in [3.05, 3.63) is 64.1 Å². The summed E-state index contributed by atoms with van der Waals surface area (Å²) in [6.45, 7) is 1.37. The average molecular weight is 444 g/mol. The molecule has 0 spiro atoms. The van der Waals surface area contributed by atoms with Crippen LogP contribution < -0.4 is 5.32 Å². The molecule has 2 aromatic rings. The van der Waals surface area contributed by atoms with E-state index in [0.717, 1.165) is 16.6 Å². The monoisotopic (exact) mass is 443 g/mol. The second-order valence-corrected chi connectivity index (χ2v) is 7.63. The van der Waals surface area contributed by atoms with Crippen LogP contribution in [0.15, 0.2) is 53.0 Å². The number of anilines is 1. The molecule has 3 amide bonds. The average Bonchev–Trinajstić information content (AvgIpc) is 2.92. The number of halogens is 1. The third-order valence-corrected chi connectivity index (χ3v) is 5.30. The topological polar surface area (TPSA) is 69.7 Å². The molecule has 0 aromatic heterocycles. The normalized spacial score (nSPS) is 13.2. The number of carbonyl (C=O) groups is 3. The molecule has 6 nitrogen and oxygen atoms in total. The predicted molar refractivity (Wildman–Crippen MR) is 111 cm³/mol. The highest BCUT2D eigenvalue weighted by molar-refractivity contribution is 9.10. The number of nitrogens with zero attached hydrogens (tertiary/aromatic N) is 2. The second-order valence-electron chi connectivity index (χ2n) is 6.78. The quantitative estimate of drug-likeness (QED) is 0.501. The summed E-state index contributed by atoms with van der Waals surface area (Å²) >= 11 is 3.41. The first-order valence-corrected chi connectivity index (χ1v) is 9.95. The van der Waals surface area contributed by atoms with Gasteiger partial charge in [0.25, 0.3) is 11.8 Å². The van der Waals surface area contributed by atoms with Gasteiger partial charge in [0.2, 0.25) is 5.91 Å². The van der Waals surface area contributed by atoms with Crippen molar-refractivity contribution in [1.82, 2.24) is 9.80 Å². The van der Waals surface area contributed by atoms with Gasteiger partial charge in [-0.3, -0.25) is 24.2 Å². The van der Waals surface area contributed by atoms with Gasteiger partial charge < -0.3 is 5.32 Å². The number of hydrogen-bond acceptors (Lipinski definition) is 4. The SMILES string of the molecule is CN(CCCCN1C(=O)c2ccccc2C1=O)CC(=O)Nc1ccccc1Br. The number of carbonyl (C=O) groups excluding carboxylic acids is 3. The predicted octanol–water partition coefficient (Wildman–Crippen LogP) is 3.40.